The van der Waals surface area contributed by atoms with Gasteiger partial charge in [0.1, 0.15) is 28.7 Å². The van der Waals surface area contributed by atoms with E-state index in [-0.39, 0.29) is 27.1 Å². The van der Waals surface area contributed by atoms with Crippen LogP contribution in [0.4, 0.5) is 0 Å². The second kappa shape index (κ2) is 27.5. The predicted molar refractivity (Wildman–Crippen MR) is 342 cm³/mol. The summed E-state index contributed by atoms with van der Waals surface area (Å²) in [5.41, 5.74) is 17.9. The molecule has 0 atom stereocenters. The van der Waals surface area contributed by atoms with Gasteiger partial charge in [0.25, 0.3) is 0 Å². The maximum Gasteiger partial charge on any atom is 0.126 e. The van der Waals surface area contributed by atoms with Crippen molar-refractivity contribution in [2.75, 3.05) is 33.0 Å². The SMILES string of the molecule is CCCCOc1c2cc(C(C)(C)C)cc1Cc1cc(C(C)(C)C)cc(c1OCCCC)Cc1cc(C(C)(C)C)cc(c1OCCCC)Cc1cc(C(C)(C)C)cc(c1OCCCC)Cc1cc(C(C)(C)C)cc(c1OCCCC)C2. The second-order valence-corrected chi connectivity index (χ2v) is 28.8. The van der Waals surface area contributed by atoms with Crippen LogP contribution >= 0.6 is 0 Å². The first-order valence-electron chi connectivity index (χ1n) is 31.6. The van der Waals surface area contributed by atoms with Crippen molar-refractivity contribution in [3.8, 4) is 28.7 Å². The monoisotopic (exact) mass is 1090 g/mol. The molecular formula is C75H110O5. The zero-order valence-electron chi connectivity index (χ0n) is 54.5. The fourth-order valence-corrected chi connectivity index (χ4v) is 10.8. The van der Waals surface area contributed by atoms with Crippen molar-refractivity contribution in [2.24, 2.45) is 0 Å². The fraction of sp³-hybridized carbons (Fsp3) is 0.600. The Bertz CT molecular complexity index is 2260. The van der Waals surface area contributed by atoms with Crippen LogP contribution in [-0.2, 0) is 59.2 Å². The molecule has 0 N–H and O–H groups in total. The Labute approximate surface area is 489 Å². The third-order valence-corrected chi connectivity index (χ3v) is 16.2. The van der Waals surface area contributed by atoms with E-state index < -0.39 is 0 Å². The molecule has 0 amide bonds. The molecule has 1 aliphatic rings. The Kier molecular flexibility index (Phi) is 22.1. The van der Waals surface area contributed by atoms with Gasteiger partial charge in [-0.05, 0) is 143 Å². The highest BCUT2D eigenvalue weighted by Gasteiger charge is 2.30. The molecule has 80 heavy (non-hydrogen) atoms. The zero-order chi connectivity index (χ0) is 58.8. The summed E-state index contributed by atoms with van der Waals surface area (Å²) < 4.78 is 36.3. The zero-order valence-corrected chi connectivity index (χ0v) is 54.5. The molecule has 5 heteroatoms. The lowest BCUT2D eigenvalue weighted by Gasteiger charge is -2.29. The molecule has 6 rings (SSSR count). The summed E-state index contributed by atoms with van der Waals surface area (Å²) in [4.78, 5) is 0. The van der Waals surface area contributed by atoms with Crippen LogP contribution in [0, 0.1) is 0 Å². The van der Waals surface area contributed by atoms with E-state index in [2.05, 4.69) is 199 Å². The van der Waals surface area contributed by atoms with Gasteiger partial charge in [0.15, 0.2) is 0 Å². The number of fused-ring (bicyclic) bond motifs is 10. The smallest absolute Gasteiger partial charge is 0.126 e. The highest BCUT2D eigenvalue weighted by atomic mass is 16.5. The topological polar surface area (TPSA) is 46.2 Å². The summed E-state index contributed by atoms with van der Waals surface area (Å²) in [6.45, 7) is 49.8. The summed E-state index contributed by atoms with van der Waals surface area (Å²) in [6, 6.07) is 24.6. The van der Waals surface area contributed by atoms with Crippen molar-refractivity contribution in [3.05, 3.63) is 144 Å². The van der Waals surface area contributed by atoms with Gasteiger partial charge in [0, 0.05) is 32.1 Å². The Hall–Kier alpha value is -4.90. The Morgan fingerprint density at radius 3 is 0.463 bits per heavy atom. The second-order valence-electron chi connectivity index (χ2n) is 28.8. The maximum atomic E-state index is 7.26. The van der Waals surface area contributed by atoms with Gasteiger partial charge in [-0.3, -0.25) is 0 Å². The Morgan fingerprint density at radius 1 is 0.237 bits per heavy atom. The fourth-order valence-electron chi connectivity index (χ4n) is 10.8. The molecule has 0 unspecified atom stereocenters. The van der Waals surface area contributed by atoms with Crippen molar-refractivity contribution >= 4 is 0 Å². The number of rotatable bonds is 20. The van der Waals surface area contributed by atoms with Crippen molar-refractivity contribution in [3.63, 3.8) is 0 Å². The van der Waals surface area contributed by atoms with E-state index in [1.165, 1.54) is 83.5 Å². The van der Waals surface area contributed by atoms with E-state index in [1.807, 2.05) is 0 Å². The average Bonchev–Trinajstić information content (AvgIpc) is 3.35. The van der Waals surface area contributed by atoms with Gasteiger partial charge in [-0.1, -0.05) is 231 Å². The van der Waals surface area contributed by atoms with Crippen LogP contribution in [0.5, 0.6) is 28.7 Å². The van der Waals surface area contributed by atoms with Crippen molar-refractivity contribution in [1.82, 2.24) is 0 Å². The van der Waals surface area contributed by atoms with Gasteiger partial charge in [-0.25, -0.2) is 0 Å². The average molecular weight is 1090 g/mol. The molecule has 0 heterocycles. The maximum absolute atomic E-state index is 7.26. The van der Waals surface area contributed by atoms with Crippen LogP contribution in [0.1, 0.15) is 286 Å². The molecule has 5 aromatic rings. The first-order chi connectivity index (χ1) is 37.6. The molecule has 5 aromatic carbocycles. The molecule has 440 valence electrons. The van der Waals surface area contributed by atoms with Gasteiger partial charge < -0.3 is 23.7 Å². The van der Waals surface area contributed by atoms with Crippen LogP contribution in [0.3, 0.4) is 0 Å². The van der Waals surface area contributed by atoms with Crippen LogP contribution < -0.4 is 23.7 Å². The number of hydrogen-bond acceptors (Lipinski definition) is 5. The number of ether oxygens (including phenoxy) is 5. The minimum absolute atomic E-state index is 0.134. The predicted octanol–water partition coefficient (Wildman–Crippen LogP) is 20.3. The third-order valence-electron chi connectivity index (χ3n) is 16.2. The summed E-state index contributed by atoms with van der Waals surface area (Å²) >= 11 is 0. The molecule has 1 aliphatic carbocycles. The van der Waals surface area contributed by atoms with Gasteiger partial charge in [0.2, 0.25) is 0 Å². The summed E-state index contributed by atoms with van der Waals surface area (Å²) in [7, 11) is 0. The largest absolute Gasteiger partial charge is 0.493 e. The molecule has 0 spiro atoms. The first kappa shape index (κ1) is 64.3. The lowest BCUT2D eigenvalue weighted by Crippen LogP contribution is -2.18. The van der Waals surface area contributed by atoms with E-state index in [4.69, 9.17) is 23.7 Å². The van der Waals surface area contributed by atoms with E-state index in [9.17, 15) is 0 Å². The van der Waals surface area contributed by atoms with Crippen molar-refractivity contribution in [2.45, 2.75) is 262 Å². The Balaban J connectivity index is 1.90. The highest BCUT2D eigenvalue weighted by molar-refractivity contribution is 5.61. The van der Waals surface area contributed by atoms with Crippen LogP contribution in [0.15, 0.2) is 60.7 Å². The number of unbranched alkanes of at least 4 members (excludes halogenated alkanes) is 5. The van der Waals surface area contributed by atoms with E-state index in [0.29, 0.717) is 65.1 Å². The quantitative estimate of drug-likeness (QED) is 0.0713. The molecule has 0 saturated carbocycles. The van der Waals surface area contributed by atoms with E-state index in [1.54, 1.807) is 0 Å². The summed E-state index contributed by atoms with van der Waals surface area (Å²) in [5.74, 6) is 4.97. The van der Waals surface area contributed by atoms with Crippen molar-refractivity contribution < 1.29 is 23.7 Å². The van der Waals surface area contributed by atoms with Crippen LogP contribution in [-0.4, -0.2) is 33.0 Å². The molecule has 0 fully saturated rings. The lowest BCUT2D eigenvalue weighted by molar-refractivity contribution is 0.297. The van der Waals surface area contributed by atoms with Gasteiger partial charge >= 0.3 is 0 Å². The van der Waals surface area contributed by atoms with Gasteiger partial charge in [0.05, 0.1) is 33.0 Å². The van der Waals surface area contributed by atoms with Gasteiger partial charge in [-0.15, -0.1) is 0 Å². The molecule has 5 nitrogen and oxygen atoms in total. The third kappa shape index (κ3) is 16.9. The minimum Gasteiger partial charge on any atom is -0.493 e. The summed E-state index contributed by atoms with van der Waals surface area (Å²) in [5, 5.41) is 0. The van der Waals surface area contributed by atoms with Crippen molar-refractivity contribution in [1.29, 1.82) is 0 Å². The normalized spacial score (nSPS) is 13.5. The van der Waals surface area contributed by atoms with Crippen LogP contribution in [0.2, 0.25) is 0 Å². The molecule has 0 aromatic heterocycles. The summed E-state index contributed by atoms with van der Waals surface area (Å²) in [6.07, 6.45) is 13.5. The Morgan fingerprint density at radius 2 is 0.362 bits per heavy atom. The van der Waals surface area contributed by atoms with Crippen LogP contribution in [0.25, 0.3) is 0 Å². The standard InChI is InChI=1S/C75H110O5/c1-21-26-31-76-66-51-36-53-43-62(72(9,10)11)45-55(67(53)77-32-27-22-2)38-57-47-64(74(15,16)17)49-59(69(57)79-34-29-24-4)40-60-50-65(75(18,19)20)48-58(70(60)80-35-30-25-5)39-56-46-63(73(12,13)14)44-54(68(56)78-33-28-23-3)37-52(66)42-61(41-51)71(6,7)8/h41-50H,21-40H2,1-20H3. The molecule has 0 aliphatic heterocycles. The lowest BCUT2D eigenvalue weighted by atomic mass is 9.79. The molecule has 0 radical (unpaired) electrons. The van der Waals surface area contributed by atoms with E-state index >= 15 is 0 Å². The molecular weight excluding hydrogens is 981 g/mol. The van der Waals surface area contributed by atoms with E-state index in [0.717, 1.165) is 93.0 Å². The molecule has 0 saturated heterocycles. The minimum atomic E-state index is -0.134. The highest BCUT2D eigenvalue weighted by Crippen LogP contribution is 2.46. The van der Waals surface area contributed by atoms with Gasteiger partial charge in [-0.2, -0.15) is 0 Å². The number of hydrogen-bond donors (Lipinski definition) is 0. The molecule has 10 bridgehead atoms. The number of benzene rings is 5. The first-order valence-corrected chi connectivity index (χ1v) is 31.6.